The second kappa shape index (κ2) is 7.54. The predicted molar refractivity (Wildman–Crippen MR) is 75.7 cm³/mol. The minimum absolute atomic E-state index is 0.547. The molecule has 0 radical (unpaired) electrons. The van der Waals surface area contributed by atoms with Crippen LogP contribution in [0.4, 0.5) is 11.5 Å². The summed E-state index contributed by atoms with van der Waals surface area (Å²) >= 11 is 0. The van der Waals surface area contributed by atoms with Crippen LogP contribution in [0.15, 0.2) is 18.3 Å². The topological polar surface area (TPSA) is 52.0 Å². The summed E-state index contributed by atoms with van der Waals surface area (Å²) in [6.45, 7) is 9.01. The van der Waals surface area contributed by atoms with Crippen molar-refractivity contribution in [3.8, 4) is 6.07 Å². The van der Waals surface area contributed by atoms with Crippen LogP contribution < -0.4 is 10.2 Å². The number of nitriles is 1. The summed E-state index contributed by atoms with van der Waals surface area (Å²) in [5, 5.41) is 11.9. The van der Waals surface area contributed by atoms with Gasteiger partial charge in [-0.1, -0.05) is 13.8 Å². The average Bonchev–Trinajstić information content (AvgIpc) is 2.35. The number of hydrogen-bond donors (Lipinski definition) is 1. The van der Waals surface area contributed by atoms with Gasteiger partial charge in [0.1, 0.15) is 5.82 Å². The Kier molecular flexibility index (Phi) is 5.99. The van der Waals surface area contributed by atoms with Gasteiger partial charge in [-0.15, -0.1) is 0 Å². The molecule has 4 nitrogen and oxygen atoms in total. The SMILES string of the molecule is CCNc1cc(N(CCC#N)CC(C)C)ccn1. The highest BCUT2D eigenvalue weighted by Crippen LogP contribution is 2.18. The second-order valence-electron chi connectivity index (χ2n) is 4.68. The summed E-state index contributed by atoms with van der Waals surface area (Å²) in [6, 6.07) is 6.25. The Morgan fingerprint density at radius 1 is 1.50 bits per heavy atom. The van der Waals surface area contributed by atoms with Crippen molar-refractivity contribution in [3.05, 3.63) is 18.3 Å². The van der Waals surface area contributed by atoms with Crippen LogP contribution in [0.3, 0.4) is 0 Å². The predicted octanol–water partition coefficient (Wildman–Crippen LogP) is 2.89. The summed E-state index contributed by atoms with van der Waals surface area (Å²) in [5.74, 6) is 1.46. The van der Waals surface area contributed by atoms with Crippen LogP contribution >= 0.6 is 0 Å². The molecule has 0 aromatic carbocycles. The fourth-order valence-electron chi connectivity index (χ4n) is 1.85. The maximum atomic E-state index is 8.73. The molecule has 0 aliphatic carbocycles. The first-order chi connectivity index (χ1) is 8.67. The largest absolute Gasteiger partial charge is 0.370 e. The number of nitrogens with one attached hydrogen (secondary N) is 1. The molecular formula is C14H22N4. The summed E-state index contributed by atoms with van der Waals surface area (Å²) in [7, 11) is 0. The van der Waals surface area contributed by atoms with Gasteiger partial charge in [-0.2, -0.15) is 5.26 Å². The van der Waals surface area contributed by atoms with Crippen molar-refractivity contribution in [2.24, 2.45) is 5.92 Å². The van der Waals surface area contributed by atoms with E-state index in [1.165, 1.54) is 0 Å². The first-order valence-electron chi connectivity index (χ1n) is 6.49. The molecule has 1 rings (SSSR count). The highest BCUT2D eigenvalue weighted by molar-refractivity contribution is 5.53. The summed E-state index contributed by atoms with van der Waals surface area (Å²) in [6.07, 6.45) is 2.36. The lowest BCUT2D eigenvalue weighted by Crippen LogP contribution is -2.28. The van der Waals surface area contributed by atoms with Crippen LogP contribution in [0.1, 0.15) is 27.2 Å². The molecule has 0 spiro atoms. The fourth-order valence-corrected chi connectivity index (χ4v) is 1.85. The lowest BCUT2D eigenvalue weighted by atomic mass is 10.2. The zero-order valence-corrected chi connectivity index (χ0v) is 11.5. The van der Waals surface area contributed by atoms with Gasteiger partial charge in [0.15, 0.2) is 0 Å². The Balaban J connectivity index is 2.82. The normalized spacial score (nSPS) is 10.2. The minimum atomic E-state index is 0.547. The lowest BCUT2D eigenvalue weighted by Gasteiger charge is -2.26. The number of nitrogens with zero attached hydrogens (tertiary/aromatic N) is 3. The maximum Gasteiger partial charge on any atom is 0.127 e. The van der Waals surface area contributed by atoms with E-state index in [0.29, 0.717) is 12.3 Å². The molecule has 0 aliphatic heterocycles. The van der Waals surface area contributed by atoms with Crippen molar-refractivity contribution in [1.29, 1.82) is 5.26 Å². The van der Waals surface area contributed by atoms with Crippen LogP contribution in [-0.2, 0) is 0 Å². The van der Waals surface area contributed by atoms with Gasteiger partial charge in [0.2, 0.25) is 0 Å². The minimum Gasteiger partial charge on any atom is -0.370 e. The van der Waals surface area contributed by atoms with E-state index in [1.54, 1.807) is 0 Å². The quantitative estimate of drug-likeness (QED) is 0.803. The highest BCUT2D eigenvalue weighted by Gasteiger charge is 2.09. The van der Waals surface area contributed by atoms with Crippen molar-refractivity contribution in [3.63, 3.8) is 0 Å². The Bertz CT molecular complexity index is 395. The van der Waals surface area contributed by atoms with Gasteiger partial charge in [0.05, 0.1) is 12.5 Å². The third-order valence-corrected chi connectivity index (χ3v) is 2.55. The van der Waals surface area contributed by atoms with Gasteiger partial charge in [-0.25, -0.2) is 4.98 Å². The molecule has 0 saturated carbocycles. The Hall–Kier alpha value is -1.76. The molecule has 0 amide bonds. The van der Waals surface area contributed by atoms with Gasteiger partial charge >= 0.3 is 0 Å². The second-order valence-corrected chi connectivity index (χ2v) is 4.68. The van der Waals surface area contributed by atoms with Crippen LogP contribution in [0.2, 0.25) is 0 Å². The van der Waals surface area contributed by atoms with E-state index in [4.69, 9.17) is 5.26 Å². The summed E-state index contributed by atoms with van der Waals surface area (Å²) in [4.78, 5) is 6.51. The first kappa shape index (κ1) is 14.3. The van der Waals surface area contributed by atoms with E-state index in [2.05, 4.69) is 42.0 Å². The lowest BCUT2D eigenvalue weighted by molar-refractivity contribution is 0.612. The number of rotatable bonds is 7. The van der Waals surface area contributed by atoms with E-state index in [1.807, 2.05) is 18.3 Å². The first-order valence-corrected chi connectivity index (χ1v) is 6.49. The monoisotopic (exact) mass is 246 g/mol. The summed E-state index contributed by atoms with van der Waals surface area (Å²) in [5.41, 5.74) is 1.13. The molecule has 0 bridgehead atoms. The van der Waals surface area contributed by atoms with E-state index in [-0.39, 0.29) is 0 Å². The molecule has 1 heterocycles. The zero-order chi connectivity index (χ0) is 13.4. The molecule has 1 N–H and O–H groups in total. The molecular weight excluding hydrogens is 224 g/mol. The third kappa shape index (κ3) is 4.62. The van der Waals surface area contributed by atoms with Gasteiger partial charge in [0, 0.05) is 37.6 Å². The van der Waals surface area contributed by atoms with Crippen molar-refractivity contribution < 1.29 is 0 Å². The van der Waals surface area contributed by atoms with Crippen molar-refractivity contribution in [2.45, 2.75) is 27.2 Å². The molecule has 0 unspecified atom stereocenters. The van der Waals surface area contributed by atoms with Crippen molar-refractivity contribution >= 4 is 11.5 Å². The van der Waals surface area contributed by atoms with Crippen LogP contribution in [0, 0.1) is 17.2 Å². The van der Waals surface area contributed by atoms with E-state index >= 15 is 0 Å². The van der Waals surface area contributed by atoms with E-state index in [0.717, 1.165) is 31.1 Å². The van der Waals surface area contributed by atoms with E-state index < -0.39 is 0 Å². The maximum absolute atomic E-state index is 8.73. The van der Waals surface area contributed by atoms with Crippen LogP contribution in [0.25, 0.3) is 0 Å². The Morgan fingerprint density at radius 2 is 2.28 bits per heavy atom. The van der Waals surface area contributed by atoms with Crippen LogP contribution in [0.5, 0.6) is 0 Å². The molecule has 0 atom stereocenters. The molecule has 0 aliphatic rings. The molecule has 1 aromatic heterocycles. The fraction of sp³-hybridized carbons (Fsp3) is 0.571. The van der Waals surface area contributed by atoms with E-state index in [9.17, 15) is 0 Å². The molecule has 1 aromatic rings. The molecule has 0 fully saturated rings. The molecule has 18 heavy (non-hydrogen) atoms. The van der Waals surface area contributed by atoms with Gasteiger partial charge < -0.3 is 10.2 Å². The molecule has 0 saturated heterocycles. The van der Waals surface area contributed by atoms with Crippen molar-refractivity contribution in [1.82, 2.24) is 4.98 Å². The number of hydrogen-bond acceptors (Lipinski definition) is 4. The molecule has 98 valence electrons. The highest BCUT2D eigenvalue weighted by atomic mass is 15.1. The number of pyridine rings is 1. The number of aromatic nitrogens is 1. The van der Waals surface area contributed by atoms with Crippen LogP contribution in [-0.4, -0.2) is 24.6 Å². The van der Waals surface area contributed by atoms with Crippen molar-refractivity contribution in [2.75, 3.05) is 29.9 Å². The average molecular weight is 246 g/mol. The van der Waals surface area contributed by atoms with Gasteiger partial charge in [-0.05, 0) is 18.9 Å². The summed E-state index contributed by atoms with van der Waals surface area (Å²) < 4.78 is 0. The zero-order valence-electron chi connectivity index (χ0n) is 11.5. The smallest absolute Gasteiger partial charge is 0.127 e. The number of anilines is 2. The van der Waals surface area contributed by atoms with Gasteiger partial charge in [-0.3, -0.25) is 0 Å². The third-order valence-electron chi connectivity index (χ3n) is 2.55. The molecule has 4 heteroatoms. The van der Waals surface area contributed by atoms with Gasteiger partial charge in [0.25, 0.3) is 0 Å². The standard InChI is InChI=1S/C14H22N4/c1-4-16-14-10-13(6-8-17-14)18(9-5-7-15)11-12(2)3/h6,8,10,12H,4-5,9,11H2,1-3H3,(H,16,17). The Morgan fingerprint density at radius 3 is 2.89 bits per heavy atom. The Labute approximate surface area is 110 Å².